The van der Waals surface area contributed by atoms with Crippen molar-refractivity contribution in [1.82, 2.24) is 4.90 Å². The average Bonchev–Trinajstić information content (AvgIpc) is 2.70. The van der Waals surface area contributed by atoms with E-state index in [1.54, 1.807) is 0 Å². The van der Waals surface area contributed by atoms with Crippen molar-refractivity contribution < 1.29 is 14.7 Å². The summed E-state index contributed by atoms with van der Waals surface area (Å²) in [6.07, 6.45) is 4.71. The maximum atomic E-state index is 12.3. The second-order valence-corrected chi connectivity index (χ2v) is 6.74. The topological polar surface area (TPSA) is 57.6 Å². The van der Waals surface area contributed by atoms with E-state index in [9.17, 15) is 14.7 Å². The second kappa shape index (κ2) is 5.51. The van der Waals surface area contributed by atoms with Gasteiger partial charge in [-0.1, -0.05) is 20.3 Å². The Balaban J connectivity index is 1.86. The number of carbonyl (C=O) groups excluding carboxylic acids is 1. The van der Waals surface area contributed by atoms with E-state index in [-0.39, 0.29) is 12.3 Å². The van der Waals surface area contributed by atoms with Gasteiger partial charge < -0.3 is 10.0 Å². The highest BCUT2D eigenvalue weighted by Crippen LogP contribution is 2.44. The molecule has 1 saturated heterocycles. The third kappa shape index (κ3) is 3.10. The quantitative estimate of drug-likeness (QED) is 0.832. The van der Waals surface area contributed by atoms with Crippen LogP contribution < -0.4 is 0 Å². The maximum absolute atomic E-state index is 12.3. The van der Waals surface area contributed by atoms with E-state index in [0.717, 1.165) is 32.4 Å². The summed E-state index contributed by atoms with van der Waals surface area (Å²) in [4.78, 5) is 25.4. The fraction of sp³-hybridized carbons (Fsp3) is 0.867. The van der Waals surface area contributed by atoms with E-state index >= 15 is 0 Å². The van der Waals surface area contributed by atoms with E-state index in [4.69, 9.17) is 0 Å². The number of hydrogen-bond donors (Lipinski definition) is 1. The van der Waals surface area contributed by atoms with E-state index in [1.165, 1.54) is 0 Å². The molecule has 1 N–H and O–H groups in total. The lowest BCUT2D eigenvalue weighted by atomic mass is 9.66. The van der Waals surface area contributed by atoms with Crippen LogP contribution in [0.25, 0.3) is 0 Å². The molecule has 1 heterocycles. The van der Waals surface area contributed by atoms with E-state index in [1.807, 2.05) is 4.90 Å². The molecule has 2 rings (SSSR count). The summed E-state index contributed by atoms with van der Waals surface area (Å²) >= 11 is 0. The predicted molar refractivity (Wildman–Crippen MR) is 72.7 cm³/mol. The van der Waals surface area contributed by atoms with Crippen molar-refractivity contribution in [2.24, 2.45) is 17.3 Å². The molecule has 0 radical (unpaired) electrons. The normalized spacial score (nSPS) is 25.4. The first-order chi connectivity index (χ1) is 8.93. The number of likely N-dealkylation sites (tertiary alicyclic amines) is 1. The van der Waals surface area contributed by atoms with Gasteiger partial charge >= 0.3 is 5.97 Å². The molecule has 1 saturated carbocycles. The van der Waals surface area contributed by atoms with Crippen molar-refractivity contribution in [1.29, 1.82) is 0 Å². The highest BCUT2D eigenvalue weighted by atomic mass is 16.4. The van der Waals surface area contributed by atoms with Gasteiger partial charge in [0.15, 0.2) is 0 Å². The molecule has 4 nitrogen and oxygen atoms in total. The third-order valence-corrected chi connectivity index (χ3v) is 4.70. The Labute approximate surface area is 115 Å². The smallest absolute Gasteiger partial charge is 0.310 e. The fourth-order valence-electron chi connectivity index (χ4n) is 3.39. The van der Waals surface area contributed by atoms with E-state index in [0.29, 0.717) is 24.7 Å². The molecule has 0 aromatic heterocycles. The van der Waals surface area contributed by atoms with Gasteiger partial charge in [0.05, 0.1) is 5.41 Å². The molecule has 1 atom stereocenters. The Morgan fingerprint density at radius 2 is 2.05 bits per heavy atom. The lowest BCUT2D eigenvalue weighted by Gasteiger charge is -2.38. The van der Waals surface area contributed by atoms with Gasteiger partial charge in [-0.05, 0) is 37.5 Å². The minimum absolute atomic E-state index is 0.0494. The van der Waals surface area contributed by atoms with Crippen molar-refractivity contribution in [2.45, 2.75) is 52.4 Å². The largest absolute Gasteiger partial charge is 0.481 e. The number of hydrogen-bond acceptors (Lipinski definition) is 2. The molecule has 1 amide bonds. The minimum Gasteiger partial charge on any atom is -0.481 e. The molecule has 19 heavy (non-hydrogen) atoms. The predicted octanol–water partition coefficient (Wildman–Crippen LogP) is 2.53. The van der Waals surface area contributed by atoms with E-state index < -0.39 is 11.4 Å². The number of carboxylic acid groups (broad SMARTS) is 1. The summed E-state index contributed by atoms with van der Waals surface area (Å²) < 4.78 is 0. The lowest BCUT2D eigenvalue weighted by molar-refractivity contribution is -0.159. The van der Waals surface area contributed by atoms with Crippen LogP contribution in [0.4, 0.5) is 0 Å². The fourth-order valence-corrected chi connectivity index (χ4v) is 3.39. The summed E-state index contributed by atoms with van der Waals surface area (Å²) in [5.41, 5.74) is -0.743. The maximum Gasteiger partial charge on any atom is 0.310 e. The molecule has 1 aliphatic heterocycles. The molecule has 0 bridgehead atoms. The summed E-state index contributed by atoms with van der Waals surface area (Å²) in [6, 6.07) is 0. The Kier molecular flexibility index (Phi) is 4.16. The number of amides is 1. The van der Waals surface area contributed by atoms with Gasteiger partial charge in [-0.15, -0.1) is 0 Å². The van der Waals surface area contributed by atoms with Crippen molar-refractivity contribution in [2.75, 3.05) is 13.1 Å². The van der Waals surface area contributed by atoms with Gasteiger partial charge in [-0.3, -0.25) is 9.59 Å². The van der Waals surface area contributed by atoms with Crippen LogP contribution in [-0.4, -0.2) is 35.0 Å². The number of carboxylic acids is 1. The van der Waals surface area contributed by atoms with Crippen LogP contribution in [0, 0.1) is 17.3 Å². The highest BCUT2D eigenvalue weighted by Gasteiger charge is 2.47. The molecule has 1 aliphatic carbocycles. The van der Waals surface area contributed by atoms with Crippen LogP contribution in [-0.2, 0) is 9.59 Å². The molecular formula is C15H25NO3. The third-order valence-electron chi connectivity index (χ3n) is 4.70. The van der Waals surface area contributed by atoms with Gasteiger partial charge in [-0.25, -0.2) is 0 Å². The zero-order chi connectivity index (χ0) is 14.0. The Morgan fingerprint density at radius 1 is 1.37 bits per heavy atom. The molecule has 2 fully saturated rings. The molecule has 0 aromatic rings. The van der Waals surface area contributed by atoms with Crippen molar-refractivity contribution in [3.63, 3.8) is 0 Å². The molecule has 4 heteroatoms. The number of carbonyl (C=O) groups is 2. The lowest BCUT2D eigenvalue weighted by Crippen LogP contribution is -2.43. The second-order valence-electron chi connectivity index (χ2n) is 6.74. The van der Waals surface area contributed by atoms with Gasteiger partial charge in [0.25, 0.3) is 0 Å². The average molecular weight is 267 g/mol. The Hall–Kier alpha value is -1.06. The van der Waals surface area contributed by atoms with Crippen LogP contribution in [0.15, 0.2) is 0 Å². The van der Waals surface area contributed by atoms with Crippen molar-refractivity contribution >= 4 is 11.9 Å². The van der Waals surface area contributed by atoms with Gasteiger partial charge in [0.2, 0.25) is 5.91 Å². The van der Waals surface area contributed by atoms with Crippen LogP contribution in [0.1, 0.15) is 52.4 Å². The first kappa shape index (κ1) is 14.4. The van der Waals surface area contributed by atoms with Crippen LogP contribution in [0.2, 0.25) is 0 Å². The van der Waals surface area contributed by atoms with Crippen LogP contribution in [0.5, 0.6) is 0 Å². The Bertz CT molecular complexity index is 360. The SMILES string of the molecule is CC(C)CC1CCN(C(=O)CC2(C(=O)O)CCC2)C1. The van der Waals surface area contributed by atoms with Crippen LogP contribution in [0.3, 0.4) is 0 Å². The molecule has 0 spiro atoms. The first-order valence-corrected chi connectivity index (χ1v) is 7.44. The zero-order valence-corrected chi connectivity index (χ0v) is 12.0. The monoisotopic (exact) mass is 267 g/mol. The Morgan fingerprint density at radius 3 is 2.53 bits per heavy atom. The van der Waals surface area contributed by atoms with Gasteiger partial charge in [-0.2, -0.15) is 0 Å². The number of rotatable bonds is 5. The molecule has 1 unspecified atom stereocenters. The molecule has 2 aliphatic rings. The van der Waals surface area contributed by atoms with Crippen LogP contribution >= 0.6 is 0 Å². The summed E-state index contributed by atoms with van der Waals surface area (Å²) in [6.45, 7) is 6.05. The highest BCUT2D eigenvalue weighted by molar-refractivity contribution is 5.85. The minimum atomic E-state index is -0.787. The summed E-state index contributed by atoms with van der Waals surface area (Å²) in [7, 11) is 0. The standard InChI is InChI=1S/C15H25NO3/c1-11(2)8-12-4-7-16(10-12)13(17)9-15(14(18)19)5-3-6-15/h11-12H,3-10H2,1-2H3,(H,18,19). The van der Waals surface area contributed by atoms with Gasteiger partial charge in [0, 0.05) is 19.5 Å². The van der Waals surface area contributed by atoms with E-state index in [2.05, 4.69) is 13.8 Å². The summed E-state index contributed by atoms with van der Waals surface area (Å²) in [5.74, 6) is 0.529. The first-order valence-electron chi connectivity index (χ1n) is 7.44. The molecule has 108 valence electrons. The summed E-state index contributed by atoms with van der Waals surface area (Å²) in [5, 5.41) is 9.28. The number of aliphatic carboxylic acids is 1. The molecule has 0 aromatic carbocycles. The van der Waals surface area contributed by atoms with Crippen molar-refractivity contribution in [3.05, 3.63) is 0 Å². The molecular weight excluding hydrogens is 242 g/mol. The van der Waals surface area contributed by atoms with Crippen molar-refractivity contribution in [3.8, 4) is 0 Å². The number of nitrogens with zero attached hydrogens (tertiary/aromatic N) is 1. The van der Waals surface area contributed by atoms with Gasteiger partial charge in [0.1, 0.15) is 0 Å². The zero-order valence-electron chi connectivity index (χ0n) is 12.0.